The maximum atomic E-state index is 12.1. The van der Waals surface area contributed by atoms with Gasteiger partial charge < -0.3 is 10.6 Å². The van der Waals surface area contributed by atoms with Gasteiger partial charge in [0.15, 0.2) is 0 Å². The van der Waals surface area contributed by atoms with Crippen LogP contribution in [-0.4, -0.2) is 34.9 Å². The molecule has 0 bridgehead atoms. The number of hydrogen-bond acceptors (Lipinski definition) is 4. The SMILES string of the molecule is C[C@H](N)C(=O)N1CCC[C@@H](c2nc3c(s2)CCCC3)C1. The zero-order chi connectivity index (χ0) is 14.1. The average molecular weight is 293 g/mol. The average Bonchev–Trinajstić information content (AvgIpc) is 2.90. The quantitative estimate of drug-likeness (QED) is 0.908. The molecule has 1 aliphatic heterocycles. The fourth-order valence-corrected chi connectivity index (χ4v) is 4.49. The summed E-state index contributed by atoms with van der Waals surface area (Å²) >= 11 is 1.88. The number of rotatable bonds is 2. The molecular weight excluding hydrogens is 270 g/mol. The summed E-state index contributed by atoms with van der Waals surface area (Å²) in [6, 6.07) is -0.391. The van der Waals surface area contributed by atoms with Gasteiger partial charge in [-0.15, -0.1) is 11.3 Å². The third kappa shape index (κ3) is 2.74. The number of piperidine rings is 1. The molecule has 2 atom stereocenters. The first kappa shape index (κ1) is 14.0. The second kappa shape index (κ2) is 5.82. The Balaban J connectivity index is 1.73. The maximum absolute atomic E-state index is 12.1. The van der Waals surface area contributed by atoms with Crippen LogP contribution in [0.25, 0.3) is 0 Å². The summed E-state index contributed by atoms with van der Waals surface area (Å²) in [5.41, 5.74) is 7.05. The summed E-state index contributed by atoms with van der Waals surface area (Å²) in [6.45, 7) is 3.42. The van der Waals surface area contributed by atoms with Gasteiger partial charge in [-0.1, -0.05) is 0 Å². The first-order chi connectivity index (χ1) is 9.65. The number of aromatic nitrogens is 1. The molecular formula is C15H23N3OS. The van der Waals surface area contributed by atoms with Crippen molar-refractivity contribution in [3.8, 4) is 0 Å². The van der Waals surface area contributed by atoms with E-state index in [-0.39, 0.29) is 5.91 Å². The molecule has 110 valence electrons. The van der Waals surface area contributed by atoms with E-state index in [1.54, 1.807) is 6.92 Å². The van der Waals surface area contributed by atoms with E-state index >= 15 is 0 Å². The molecule has 3 rings (SSSR count). The number of thiazole rings is 1. The van der Waals surface area contributed by atoms with Crippen molar-refractivity contribution < 1.29 is 4.79 Å². The van der Waals surface area contributed by atoms with E-state index in [1.807, 2.05) is 16.2 Å². The predicted octanol–water partition coefficient (Wildman–Crippen LogP) is 2.08. The molecule has 1 fully saturated rings. The molecule has 1 aromatic heterocycles. The lowest BCUT2D eigenvalue weighted by Gasteiger charge is -2.32. The van der Waals surface area contributed by atoms with Crippen LogP contribution in [0, 0.1) is 0 Å². The van der Waals surface area contributed by atoms with Crippen molar-refractivity contribution >= 4 is 17.2 Å². The third-order valence-electron chi connectivity index (χ3n) is 4.33. The molecule has 0 spiro atoms. The number of likely N-dealkylation sites (tertiary alicyclic amines) is 1. The molecule has 1 aromatic rings. The highest BCUT2D eigenvalue weighted by atomic mass is 32.1. The Morgan fingerprint density at radius 3 is 2.95 bits per heavy atom. The summed E-state index contributed by atoms with van der Waals surface area (Å²) in [7, 11) is 0. The van der Waals surface area contributed by atoms with E-state index < -0.39 is 6.04 Å². The molecule has 20 heavy (non-hydrogen) atoms. The number of nitrogens with zero attached hydrogens (tertiary/aromatic N) is 2. The molecule has 2 heterocycles. The molecule has 4 nitrogen and oxygen atoms in total. The molecule has 1 amide bonds. The molecule has 1 saturated heterocycles. The first-order valence-corrected chi connectivity index (χ1v) is 8.49. The number of nitrogens with two attached hydrogens (primary N) is 1. The number of carbonyl (C=O) groups is 1. The molecule has 2 aliphatic rings. The standard InChI is InChI=1S/C15H23N3OS/c1-10(16)15(19)18-8-4-5-11(9-18)14-17-12-6-2-3-7-13(12)20-14/h10-11H,2-9,16H2,1H3/t10-,11+/m0/s1. The van der Waals surface area contributed by atoms with Crippen LogP contribution in [0.2, 0.25) is 0 Å². The summed E-state index contributed by atoms with van der Waals surface area (Å²) in [6.07, 6.45) is 7.12. The van der Waals surface area contributed by atoms with Crippen LogP contribution >= 0.6 is 11.3 Å². The van der Waals surface area contributed by atoms with Gasteiger partial charge in [0.1, 0.15) is 0 Å². The summed E-state index contributed by atoms with van der Waals surface area (Å²) in [5.74, 6) is 0.498. The molecule has 1 aliphatic carbocycles. The smallest absolute Gasteiger partial charge is 0.239 e. The monoisotopic (exact) mass is 293 g/mol. The minimum Gasteiger partial charge on any atom is -0.341 e. The lowest BCUT2D eigenvalue weighted by molar-refractivity contribution is -0.133. The van der Waals surface area contributed by atoms with Gasteiger partial charge in [-0.3, -0.25) is 4.79 Å². The summed E-state index contributed by atoms with van der Waals surface area (Å²) in [4.78, 5) is 20.3. The molecule has 0 aromatic carbocycles. The van der Waals surface area contributed by atoms with Gasteiger partial charge >= 0.3 is 0 Å². The molecule has 0 unspecified atom stereocenters. The number of aryl methyl sites for hydroxylation is 2. The van der Waals surface area contributed by atoms with Gasteiger partial charge in [0.25, 0.3) is 0 Å². The van der Waals surface area contributed by atoms with Crippen molar-refractivity contribution in [2.24, 2.45) is 5.73 Å². The van der Waals surface area contributed by atoms with Crippen LogP contribution in [-0.2, 0) is 17.6 Å². The number of carbonyl (C=O) groups excluding carboxylic acids is 1. The second-order valence-corrected chi connectivity index (χ2v) is 7.16. The van der Waals surface area contributed by atoms with Gasteiger partial charge in [0, 0.05) is 23.9 Å². The minimum absolute atomic E-state index is 0.0796. The van der Waals surface area contributed by atoms with Gasteiger partial charge in [-0.2, -0.15) is 0 Å². The maximum Gasteiger partial charge on any atom is 0.239 e. The molecule has 0 radical (unpaired) electrons. The lowest BCUT2D eigenvalue weighted by Crippen LogP contribution is -2.46. The fourth-order valence-electron chi connectivity index (χ4n) is 3.21. The van der Waals surface area contributed by atoms with E-state index in [9.17, 15) is 4.79 Å². The number of fused-ring (bicyclic) bond motifs is 1. The number of amides is 1. The van der Waals surface area contributed by atoms with E-state index in [4.69, 9.17) is 10.7 Å². The van der Waals surface area contributed by atoms with E-state index in [2.05, 4.69) is 0 Å². The second-order valence-electron chi connectivity index (χ2n) is 6.04. The topological polar surface area (TPSA) is 59.2 Å². The fraction of sp³-hybridized carbons (Fsp3) is 0.733. The highest BCUT2D eigenvalue weighted by Crippen LogP contribution is 2.34. The Hall–Kier alpha value is -0.940. The number of hydrogen-bond donors (Lipinski definition) is 1. The van der Waals surface area contributed by atoms with Crippen LogP contribution in [0.3, 0.4) is 0 Å². The Morgan fingerprint density at radius 1 is 1.40 bits per heavy atom. The van der Waals surface area contributed by atoms with Crippen molar-refractivity contribution in [1.82, 2.24) is 9.88 Å². The van der Waals surface area contributed by atoms with Crippen LogP contribution < -0.4 is 5.73 Å². The Bertz CT molecular complexity index is 474. The lowest BCUT2D eigenvalue weighted by atomic mass is 9.98. The molecule has 0 saturated carbocycles. The summed E-state index contributed by atoms with van der Waals surface area (Å²) < 4.78 is 0. The minimum atomic E-state index is -0.391. The zero-order valence-electron chi connectivity index (χ0n) is 12.1. The third-order valence-corrected chi connectivity index (χ3v) is 5.65. The van der Waals surface area contributed by atoms with Crippen molar-refractivity contribution in [1.29, 1.82) is 0 Å². The van der Waals surface area contributed by atoms with Crippen molar-refractivity contribution in [3.63, 3.8) is 0 Å². The van der Waals surface area contributed by atoms with Crippen molar-refractivity contribution in [2.45, 2.75) is 57.4 Å². The highest BCUT2D eigenvalue weighted by molar-refractivity contribution is 7.11. The zero-order valence-corrected chi connectivity index (χ0v) is 12.9. The van der Waals surface area contributed by atoms with Gasteiger partial charge in [0.05, 0.1) is 16.7 Å². The Morgan fingerprint density at radius 2 is 2.20 bits per heavy atom. The van der Waals surface area contributed by atoms with Gasteiger partial charge in [0.2, 0.25) is 5.91 Å². The van der Waals surface area contributed by atoms with E-state index in [1.165, 1.54) is 34.8 Å². The summed E-state index contributed by atoms with van der Waals surface area (Å²) in [5, 5.41) is 1.25. The highest BCUT2D eigenvalue weighted by Gasteiger charge is 2.29. The van der Waals surface area contributed by atoms with Crippen LogP contribution in [0.1, 0.15) is 54.1 Å². The normalized spacial score (nSPS) is 24.3. The van der Waals surface area contributed by atoms with Gasteiger partial charge in [-0.05, 0) is 45.4 Å². The molecule has 2 N–H and O–H groups in total. The van der Waals surface area contributed by atoms with Crippen molar-refractivity contribution in [2.75, 3.05) is 13.1 Å². The first-order valence-electron chi connectivity index (χ1n) is 7.68. The van der Waals surface area contributed by atoms with Crippen LogP contribution in [0.4, 0.5) is 0 Å². The van der Waals surface area contributed by atoms with E-state index in [0.717, 1.165) is 32.4 Å². The van der Waals surface area contributed by atoms with Crippen molar-refractivity contribution in [3.05, 3.63) is 15.6 Å². The van der Waals surface area contributed by atoms with Crippen LogP contribution in [0.15, 0.2) is 0 Å². The van der Waals surface area contributed by atoms with Gasteiger partial charge in [-0.25, -0.2) is 4.98 Å². The Labute approximate surface area is 124 Å². The Kier molecular flexibility index (Phi) is 4.08. The van der Waals surface area contributed by atoms with E-state index in [0.29, 0.717) is 5.92 Å². The van der Waals surface area contributed by atoms with Crippen LogP contribution in [0.5, 0.6) is 0 Å². The molecule has 5 heteroatoms. The predicted molar refractivity (Wildman–Crippen MR) is 81.0 cm³/mol. The largest absolute Gasteiger partial charge is 0.341 e.